The summed E-state index contributed by atoms with van der Waals surface area (Å²) in [5, 5.41) is 3.64. The molecule has 3 rings (SSSR count). The lowest BCUT2D eigenvalue weighted by molar-refractivity contribution is -0.139. The molecule has 0 atom stereocenters. The summed E-state index contributed by atoms with van der Waals surface area (Å²) in [6.07, 6.45) is 0. The molecule has 0 spiro atoms. The van der Waals surface area contributed by atoms with E-state index >= 15 is 0 Å². The summed E-state index contributed by atoms with van der Waals surface area (Å²) in [6, 6.07) is 9.42. The minimum atomic E-state index is -0.234. The minimum Gasteiger partial charge on any atom is -0.383 e. The molecule has 3 amide bonds. The third-order valence-electron chi connectivity index (χ3n) is 4.33. The van der Waals surface area contributed by atoms with E-state index in [4.69, 9.17) is 4.74 Å². The number of aromatic amines is 1. The highest BCUT2D eigenvalue weighted by Crippen LogP contribution is 2.17. The van der Waals surface area contributed by atoms with E-state index < -0.39 is 0 Å². The highest BCUT2D eigenvalue weighted by molar-refractivity contribution is 6.00. The van der Waals surface area contributed by atoms with Gasteiger partial charge < -0.3 is 24.8 Å². The van der Waals surface area contributed by atoms with Crippen molar-refractivity contribution in [3.05, 3.63) is 36.0 Å². The number of fused-ring (bicyclic) bond motifs is 1. The summed E-state index contributed by atoms with van der Waals surface area (Å²) < 4.78 is 4.87. The van der Waals surface area contributed by atoms with E-state index in [1.165, 1.54) is 9.80 Å². The quantitative estimate of drug-likeness (QED) is 0.722. The number of carbonyl (C=O) groups is 3. The Bertz CT molecular complexity index is 783. The Morgan fingerprint density at radius 3 is 2.81 bits per heavy atom. The van der Waals surface area contributed by atoms with Crippen molar-refractivity contribution >= 4 is 28.6 Å². The second-order valence-electron chi connectivity index (χ2n) is 6.16. The number of aromatic nitrogens is 1. The molecule has 138 valence electrons. The Morgan fingerprint density at radius 2 is 2.08 bits per heavy atom. The Labute approximate surface area is 151 Å². The first-order valence-electron chi connectivity index (χ1n) is 8.49. The number of nitrogens with one attached hydrogen (secondary N) is 2. The molecular weight excluding hydrogens is 336 g/mol. The van der Waals surface area contributed by atoms with Crippen LogP contribution in [0.25, 0.3) is 10.9 Å². The van der Waals surface area contributed by atoms with Crippen molar-refractivity contribution in [2.75, 3.05) is 46.4 Å². The van der Waals surface area contributed by atoms with Gasteiger partial charge in [0, 0.05) is 37.6 Å². The zero-order chi connectivity index (χ0) is 18.5. The number of carbonyl (C=O) groups excluding carboxylic acids is 3. The lowest BCUT2D eigenvalue weighted by Gasteiger charge is -2.33. The number of methoxy groups -OCH3 is 1. The summed E-state index contributed by atoms with van der Waals surface area (Å²) in [7, 11) is 1.55. The Balaban J connectivity index is 1.57. The third-order valence-corrected chi connectivity index (χ3v) is 4.33. The SMILES string of the molecule is COCCNC(=O)CN1CCN(C(=O)c2cc3ccccc3[nH]2)CC1=O. The smallest absolute Gasteiger partial charge is 0.270 e. The number of amides is 3. The van der Waals surface area contributed by atoms with Gasteiger partial charge in [-0.25, -0.2) is 0 Å². The molecule has 0 bridgehead atoms. The predicted octanol–water partition coefficient (Wildman–Crippen LogP) is 0.215. The largest absolute Gasteiger partial charge is 0.383 e. The molecule has 1 aliphatic heterocycles. The molecular formula is C18H22N4O4. The monoisotopic (exact) mass is 358 g/mol. The molecule has 2 heterocycles. The molecule has 1 fully saturated rings. The standard InChI is InChI=1S/C18H22N4O4/c1-26-9-6-19-16(23)11-21-7-8-22(12-17(21)24)18(25)15-10-13-4-2-3-5-14(13)20-15/h2-5,10,20H,6-9,11-12H2,1H3,(H,19,23). The lowest BCUT2D eigenvalue weighted by atomic mass is 10.2. The number of H-pyrrole nitrogens is 1. The van der Waals surface area contributed by atoms with Crippen molar-refractivity contribution in [3.8, 4) is 0 Å². The maximum absolute atomic E-state index is 12.6. The molecule has 1 saturated heterocycles. The lowest BCUT2D eigenvalue weighted by Crippen LogP contribution is -2.54. The van der Waals surface area contributed by atoms with Crippen LogP contribution < -0.4 is 5.32 Å². The average molecular weight is 358 g/mol. The summed E-state index contributed by atoms with van der Waals surface area (Å²) in [6.45, 7) is 1.53. The number of piperazine rings is 1. The highest BCUT2D eigenvalue weighted by Gasteiger charge is 2.29. The molecule has 1 aromatic carbocycles. The molecule has 8 nitrogen and oxygen atoms in total. The topological polar surface area (TPSA) is 94.7 Å². The minimum absolute atomic E-state index is 0.00301. The molecule has 8 heteroatoms. The van der Waals surface area contributed by atoms with Gasteiger partial charge in [-0.3, -0.25) is 14.4 Å². The van der Waals surface area contributed by atoms with Crippen LogP contribution in [0.3, 0.4) is 0 Å². The van der Waals surface area contributed by atoms with Crippen LogP contribution in [0, 0.1) is 0 Å². The van der Waals surface area contributed by atoms with Crippen molar-refractivity contribution in [3.63, 3.8) is 0 Å². The summed E-state index contributed by atoms with van der Waals surface area (Å²) in [5.41, 5.74) is 1.35. The fourth-order valence-electron chi connectivity index (χ4n) is 2.93. The van der Waals surface area contributed by atoms with Crippen molar-refractivity contribution in [2.24, 2.45) is 0 Å². The fraction of sp³-hybridized carbons (Fsp3) is 0.389. The number of hydrogen-bond donors (Lipinski definition) is 2. The van der Waals surface area contributed by atoms with Gasteiger partial charge in [0.15, 0.2) is 0 Å². The van der Waals surface area contributed by atoms with Crippen LogP contribution in [0.2, 0.25) is 0 Å². The fourth-order valence-corrected chi connectivity index (χ4v) is 2.93. The second kappa shape index (κ2) is 8.01. The van der Waals surface area contributed by atoms with Gasteiger partial charge in [0.1, 0.15) is 12.2 Å². The first-order valence-corrected chi connectivity index (χ1v) is 8.49. The van der Waals surface area contributed by atoms with Gasteiger partial charge in [0.2, 0.25) is 11.8 Å². The van der Waals surface area contributed by atoms with Crippen LogP contribution in [-0.2, 0) is 14.3 Å². The van der Waals surface area contributed by atoms with Crippen LogP contribution in [0.1, 0.15) is 10.5 Å². The van der Waals surface area contributed by atoms with Crippen molar-refractivity contribution < 1.29 is 19.1 Å². The number of hydrogen-bond acceptors (Lipinski definition) is 4. The maximum Gasteiger partial charge on any atom is 0.270 e. The van der Waals surface area contributed by atoms with E-state index in [1.54, 1.807) is 13.2 Å². The van der Waals surface area contributed by atoms with Crippen molar-refractivity contribution in [1.29, 1.82) is 0 Å². The van der Waals surface area contributed by atoms with Crippen LogP contribution in [0.5, 0.6) is 0 Å². The van der Waals surface area contributed by atoms with E-state index in [0.717, 1.165) is 10.9 Å². The molecule has 0 unspecified atom stereocenters. The Kier molecular flexibility index (Phi) is 5.52. The van der Waals surface area contributed by atoms with E-state index in [2.05, 4.69) is 10.3 Å². The first kappa shape index (κ1) is 17.9. The number of benzene rings is 1. The zero-order valence-corrected chi connectivity index (χ0v) is 14.7. The summed E-state index contributed by atoms with van der Waals surface area (Å²) in [4.78, 5) is 42.8. The summed E-state index contributed by atoms with van der Waals surface area (Å²) in [5.74, 6) is -0.674. The molecule has 0 saturated carbocycles. The van der Waals surface area contributed by atoms with Gasteiger partial charge in [-0.1, -0.05) is 18.2 Å². The van der Waals surface area contributed by atoms with E-state index in [1.807, 2.05) is 24.3 Å². The molecule has 26 heavy (non-hydrogen) atoms. The number of ether oxygens (including phenoxy) is 1. The first-order chi connectivity index (χ1) is 12.6. The van der Waals surface area contributed by atoms with Crippen LogP contribution in [0.15, 0.2) is 30.3 Å². The van der Waals surface area contributed by atoms with Gasteiger partial charge in [0.05, 0.1) is 13.2 Å². The van der Waals surface area contributed by atoms with Crippen molar-refractivity contribution in [1.82, 2.24) is 20.1 Å². The van der Waals surface area contributed by atoms with Gasteiger partial charge in [-0.15, -0.1) is 0 Å². The molecule has 1 aromatic heterocycles. The Hall–Kier alpha value is -2.87. The number of nitrogens with zero attached hydrogens (tertiary/aromatic N) is 2. The van der Waals surface area contributed by atoms with Crippen LogP contribution in [0.4, 0.5) is 0 Å². The van der Waals surface area contributed by atoms with E-state index in [0.29, 0.717) is 31.9 Å². The molecule has 2 N–H and O–H groups in total. The summed E-state index contributed by atoms with van der Waals surface area (Å²) >= 11 is 0. The number of para-hydroxylation sites is 1. The highest BCUT2D eigenvalue weighted by atomic mass is 16.5. The Morgan fingerprint density at radius 1 is 1.27 bits per heavy atom. The van der Waals surface area contributed by atoms with Gasteiger partial charge >= 0.3 is 0 Å². The number of rotatable bonds is 6. The molecule has 0 aliphatic carbocycles. The zero-order valence-electron chi connectivity index (χ0n) is 14.7. The van der Waals surface area contributed by atoms with E-state index in [-0.39, 0.29) is 30.8 Å². The molecule has 0 radical (unpaired) electrons. The van der Waals surface area contributed by atoms with E-state index in [9.17, 15) is 14.4 Å². The maximum atomic E-state index is 12.6. The second-order valence-corrected chi connectivity index (χ2v) is 6.16. The average Bonchev–Trinajstić information content (AvgIpc) is 3.07. The van der Waals surface area contributed by atoms with Gasteiger partial charge in [-0.05, 0) is 12.1 Å². The van der Waals surface area contributed by atoms with Crippen molar-refractivity contribution in [2.45, 2.75) is 0 Å². The molecule has 1 aliphatic rings. The van der Waals surface area contributed by atoms with Gasteiger partial charge in [0.25, 0.3) is 5.91 Å². The predicted molar refractivity (Wildman–Crippen MR) is 95.7 cm³/mol. The van der Waals surface area contributed by atoms with Crippen LogP contribution >= 0.6 is 0 Å². The normalized spacial score (nSPS) is 14.7. The third kappa shape index (κ3) is 4.02. The van der Waals surface area contributed by atoms with Gasteiger partial charge in [-0.2, -0.15) is 0 Å². The molecule has 2 aromatic rings. The van der Waals surface area contributed by atoms with Crippen LogP contribution in [-0.4, -0.2) is 78.9 Å².